The average molecular weight is 472 g/mol. The predicted molar refractivity (Wildman–Crippen MR) is 130 cm³/mol. The summed E-state index contributed by atoms with van der Waals surface area (Å²) in [4.78, 5) is 6.68. The molecular formula is C25H27ClFN3O3. The van der Waals surface area contributed by atoms with Crippen LogP contribution in [-0.2, 0) is 13.2 Å². The maximum Gasteiger partial charge on any atom is 0.298 e. The zero-order valence-corrected chi connectivity index (χ0v) is 19.2. The van der Waals surface area contributed by atoms with Gasteiger partial charge in [-0.3, -0.25) is 0 Å². The predicted octanol–water partition coefficient (Wildman–Crippen LogP) is 5.33. The maximum atomic E-state index is 13.9. The van der Waals surface area contributed by atoms with Crippen molar-refractivity contribution in [2.75, 3.05) is 25.1 Å². The molecule has 4 rings (SSSR count). The lowest BCUT2D eigenvalue weighted by molar-refractivity contribution is 0.279. The number of hydrogen-bond acceptors (Lipinski definition) is 6. The van der Waals surface area contributed by atoms with Gasteiger partial charge in [0.25, 0.3) is 6.01 Å². The fourth-order valence-corrected chi connectivity index (χ4v) is 3.44. The molecule has 2 N–H and O–H groups in total. The first kappa shape index (κ1) is 24.4. The van der Waals surface area contributed by atoms with Crippen molar-refractivity contribution < 1.29 is 18.3 Å². The van der Waals surface area contributed by atoms with E-state index in [1.165, 1.54) is 6.07 Å². The van der Waals surface area contributed by atoms with Crippen LogP contribution in [0.25, 0.3) is 11.1 Å². The van der Waals surface area contributed by atoms with E-state index in [1.54, 1.807) is 25.3 Å². The SMILES string of the molecule is COc1cc(CN(CCCN)c2nc3ccccc3o2)ccc1OCc1ccccc1F.Cl. The van der Waals surface area contributed by atoms with Crippen molar-refractivity contribution in [1.82, 2.24) is 4.98 Å². The molecular weight excluding hydrogens is 445 g/mol. The van der Waals surface area contributed by atoms with Gasteiger partial charge in [-0.05, 0) is 48.9 Å². The second-order valence-electron chi connectivity index (χ2n) is 7.39. The standard InChI is InChI=1S/C25H26FN3O3.ClH/c1-30-24-15-18(11-12-23(24)31-17-19-7-2-3-8-20(19)26)16-29(14-6-13-27)25-28-21-9-4-5-10-22(21)32-25;/h2-5,7-12,15H,6,13-14,16-17,27H2,1H3;1H. The first-order valence-corrected chi connectivity index (χ1v) is 10.5. The van der Waals surface area contributed by atoms with E-state index in [9.17, 15) is 4.39 Å². The van der Waals surface area contributed by atoms with E-state index in [-0.39, 0.29) is 24.8 Å². The molecule has 0 radical (unpaired) electrons. The Hall–Kier alpha value is -3.29. The third kappa shape index (κ3) is 5.94. The molecule has 0 spiro atoms. The largest absolute Gasteiger partial charge is 0.493 e. The molecule has 0 aliphatic carbocycles. The van der Waals surface area contributed by atoms with E-state index in [1.807, 2.05) is 42.5 Å². The van der Waals surface area contributed by atoms with Gasteiger partial charge in [0, 0.05) is 18.7 Å². The summed E-state index contributed by atoms with van der Waals surface area (Å²) in [5.74, 6) is 0.835. The molecule has 0 bridgehead atoms. The summed E-state index contributed by atoms with van der Waals surface area (Å²) in [6, 6.07) is 20.5. The quantitative estimate of drug-likeness (QED) is 0.337. The Kier molecular flexibility index (Phi) is 8.52. The zero-order chi connectivity index (χ0) is 22.3. The van der Waals surface area contributed by atoms with Crippen LogP contribution in [0.5, 0.6) is 11.5 Å². The van der Waals surface area contributed by atoms with Gasteiger partial charge in [-0.25, -0.2) is 4.39 Å². The number of hydrogen-bond donors (Lipinski definition) is 1. The lowest BCUT2D eigenvalue weighted by atomic mass is 10.2. The van der Waals surface area contributed by atoms with Crippen molar-refractivity contribution >= 4 is 29.5 Å². The number of ether oxygens (including phenoxy) is 2. The summed E-state index contributed by atoms with van der Waals surface area (Å²) in [5.41, 5.74) is 8.79. The highest BCUT2D eigenvalue weighted by molar-refractivity contribution is 5.85. The number of oxazole rings is 1. The van der Waals surface area contributed by atoms with Gasteiger partial charge in [-0.15, -0.1) is 12.4 Å². The van der Waals surface area contributed by atoms with Gasteiger partial charge in [0.05, 0.1) is 7.11 Å². The van der Waals surface area contributed by atoms with Crippen LogP contribution >= 0.6 is 12.4 Å². The van der Waals surface area contributed by atoms with Crippen molar-refractivity contribution in [3.8, 4) is 11.5 Å². The Morgan fingerprint density at radius 2 is 1.82 bits per heavy atom. The molecule has 6 nitrogen and oxygen atoms in total. The summed E-state index contributed by atoms with van der Waals surface area (Å²) in [7, 11) is 1.59. The van der Waals surface area contributed by atoms with Crippen molar-refractivity contribution in [2.24, 2.45) is 5.73 Å². The number of nitrogens with two attached hydrogens (primary N) is 1. The Morgan fingerprint density at radius 1 is 1.03 bits per heavy atom. The van der Waals surface area contributed by atoms with Crippen molar-refractivity contribution in [3.05, 3.63) is 83.7 Å². The van der Waals surface area contributed by atoms with Gasteiger partial charge in [0.1, 0.15) is 17.9 Å². The number of halogens is 2. The van der Waals surface area contributed by atoms with Crippen LogP contribution in [0.3, 0.4) is 0 Å². The Labute approximate surface area is 198 Å². The van der Waals surface area contributed by atoms with Gasteiger partial charge in [-0.2, -0.15) is 4.98 Å². The zero-order valence-electron chi connectivity index (χ0n) is 18.4. The normalized spacial score (nSPS) is 10.6. The fourth-order valence-electron chi connectivity index (χ4n) is 3.44. The van der Waals surface area contributed by atoms with E-state index in [0.717, 1.165) is 23.1 Å². The third-order valence-corrected chi connectivity index (χ3v) is 5.13. The van der Waals surface area contributed by atoms with Crippen LogP contribution in [0.15, 0.2) is 71.1 Å². The molecule has 0 unspecified atom stereocenters. The van der Waals surface area contributed by atoms with Crippen molar-refractivity contribution in [2.45, 2.75) is 19.6 Å². The molecule has 33 heavy (non-hydrogen) atoms. The van der Waals surface area contributed by atoms with Crippen LogP contribution in [0, 0.1) is 5.82 Å². The lowest BCUT2D eigenvalue weighted by Gasteiger charge is -2.21. The molecule has 0 aliphatic rings. The summed E-state index contributed by atoms with van der Waals surface area (Å²) in [5, 5.41) is 0. The molecule has 0 saturated carbocycles. The number of rotatable bonds is 10. The monoisotopic (exact) mass is 471 g/mol. The highest BCUT2D eigenvalue weighted by atomic mass is 35.5. The van der Waals surface area contributed by atoms with Crippen LogP contribution < -0.4 is 20.1 Å². The molecule has 174 valence electrons. The number of benzene rings is 3. The molecule has 0 amide bonds. The molecule has 1 heterocycles. The minimum Gasteiger partial charge on any atom is -0.493 e. The Morgan fingerprint density at radius 3 is 2.58 bits per heavy atom. The average Bonchev–Trinajstić information content (AvgIpc) is 3.26. The number of anilines is 1. The second kappa shape index (κ2) is 11.5. The van der Waals surface area contributed by atoms with E-state index in [4.69, 9.17) is 19.6 Å². The van der Waals surface area contributed by atoms with Gasteiger partial charge < -0.3 is 24.5 Å². The van der Waals surface area contributed by atoms with E-state index >= 15 is 0 Å². The summed E-state index contributed by atoms with van der Waals surface area (Å²) in [6.07, 6.45) is 0.805. The number of methoxy groups -OCH3 is 1. The van der Waals surface area contributed by atoms with Crippen molar-refractivity contribution in [1.29, 1.82) is 0 Å². The van der Waals surface area contributed by atoms with Gasteiger partial charge in [-0.1, -0.05) is 36.4 Å². The lowest BCUT2D eigenvalue weighted by Crippen LogP contribution is -2.26. The van der Waals surface area contributed by atoms with E-state index in [2.05, 4.69) is 9.88 Å². The molecule has 0 atom stereocenters. The maximum absolute atomic E-state index is 13.9. The Balaban J connectivity index is 0.00000306. The minimum atomic E-state index is -0.294. The minimum absolute atomic E-state index is 0. The second-order valence-corrected chi connectivity index (χ2v) is 7.39. The van der Waals surface area contributed by atoms with Gasteiger partial charge in [0.2, 0.25) is 0 Å². The molecule has 1 aromatic heterocycles. The topological polar surface area (TPSA) is 73.8 Å². The summed E-state index contributed by atoms with van der Waals surface area (Å²) in [6.45, 7) is 1.96. The first-order valence-electron chi connectivity index (χ1n) is 10.5. The highest BCUT2D eigenvalue weighted by Crippen LogP contribution is 2.31. The molecule has 0 aliphatic heterocycles. The van der Waals surface area contributed by atoms with Crippen LogP contribution in [0.1, 0.15) is 17.5 Å². The van der Waals surface area contributed by atoms with Crippen molar-refractivity contribution in [3.63, 3.8) is 0 Å². The number of aromatic nitrogens is 1. The fraction of sp³-hybridized carbons (Fsp3) is 0.240. The number of nitrogens with zero attached hydrogens (tertiary/aromatic N) is 2. The smallest absolute Gasteiger partial charge is 0.298 e. The Bertz CT molecular complexity index is 1150. The molecule has 4 aromatic rings. The van der Waals surface area contributed by atoms with Gasteiger partial charge >= 0.3 is 0 Å². The molecule has 3 aromatic carbocycles. The van der Waals surface area contributed by atoms with Crippen LogP contribution in [0.4, 0.5) is 10.4 Å². The van der Waals surface area contributed by atoms with Crippen LogP contribution in [-0.4, -0.2) is 25.2 Å². The van der Waals surface area contributed by atoms with E-state index in [0.29, 0.717) is 42.7 Å². The molecule has 8 heteroatoms. The van der Waals surface area contributed by atoms with Gasteiger partial charge in [0.15, 0.2) is 17.1 Å². The third-order valence-electron chi connectivity index (χ3n) is 5.13. The number of fused-ring (bicyclic) bond motifs is 1. The number of para-hydroxylation sites is 2. The molecule has 0 saturated heterocycles. The summed E-state index contributed by atoms with van der Waals surface area (Å²) < 4.78 is 31.2. The summed E-state index contributed by atoms with van der Waals surface area (Å²) >= 11 is 0. The van der Waals surface area contributed by atoms with E-state index < -0.39 is 0 Å². The molecule has 0 fully saturated rings. The first-order chi connectivity index (χ1) is 15.7. The van der Waals surface area contributed by atoms with Crippen LogP contribution in [0.2, 0.25) is 0 Å². The highest BCUT2D eigenvalue weighted by Gasteiger charge is 2.16.